The van der Waals surface area contributed by atoms with E-state index in [1.165, 1.54) is 0 Å². The first kappa shape index (κ1) is 24.9. The number of rotatable bonds is 5. The normalized spacial score (nSPS) is 18.6. The second kappa shape index (κ2) is 10.7. The lowest BCUT2D eigenvalue weighted by Gasteiger charge is -2.44. The average Bonchev–Trinajstić information content (AvgIpc) is 3.30. The lowest BCUT2D eigenvalue weighted by molar-refractivity contribution is -0.128. The summed E-state index contributed by atoms with van der Waals surface area (Å²) < 4.78 is 6.25. The molecule has 9 heteroatoms. The van der Waals surface area contributed by atoms with Gasteiger partial charge >= 0.3 is 0 Å². The molecule has 8 nitrogen and oxygen atoms in total. The van der Waals surface area contributed by atoms with Gasteiger partial charge < -0.3 is 15.0 Å². The van der Waals surface area contributed by atoms with Gasteiger partial charge in [0, 0.05) is 61.0 Å². The molecule has 0 radical (unpaired) electrons. The molecule has 2 aliphatic rings. The van der Waals surface area contributed by atoms with Crippen molar-refractivity contribution in [2.75, 3.05) is 19.7 Å². The van der Waals surface area contributed by atoms with Crippen LogP contribution in [-0.4, -0.2) is 64.0 Å². The molecule has 0 bridgehead atoms. The van der Waals surface area contributed by atoms with E-state index in [9.17, 15) is 14.4 Å². The molecule has 3 amide bonds. The van der Waals surface area contributed by atoms with Crippen LogP contribution in [0.5, 0.6) is 0 Å². The first-order valence-corrected chi connectivity index (χ1v) is 12.6. The van der Waals surface area contributed by atoms with Gasteiger partial charge in [0.15, 0.2) is 0 Å². The van der Waals surface area contributed by atoms with Crippen molar-refractivity contribution in [2.45, 2.75) is 31.2 Å². The molecule has 2 aromatic carbocycles. The fraction of sp³-hybridized carbons (Fsp3) is 0.286. The number of aromatic nitrogens is 1. The number of halogens is 1. The Kier molecular flexibility index (Phi) is 7.21. The van der Waals surface area contributed by atoms with Crippen molar-refractivity contribution >= 4 is 29.3 Å². The SMILES string of the molecule is O=C(NCc1cccnc1)C1COC2(CCN(C(=O)c3cccc(Cl)c3)CC2)N1C(=O)c1ccccc1. The van der Waals surface area contributed by atoms with E-state index in [4.69, 9.17) is 16.3 Å². The Bertz CT molecular complexity index is 1280. The zero-order valence-corrected chi connectivity index (χ0v) is 20.9. The molecule has 1 atom stereocenters. The van der Waals surface area contributed by atoms with Crippen LogP contribution in [0.15, 0.2) is 79.1 Å². The zero-order chi connectivity index (χ0) is 25.8. The Labute approximate surface area is 220 Å². The van der Waals surface area contributed by atoms with Gasteiger partial charge in [0.2, 0.25) is 5.91 Å². The highest BCUT2D eigenvalue weighted by Gasteiger charge is 2.54. The number of pyridine rings is 1. The van der Waals surface area contributed by atoms with Crippen LogP contribution in [0.2, 0.25) is 5.02 Å². The van der Waals surface area contributed by atoms with Crippen LogP contribution in [0.1, 0.15) is 39.1 Å². The molecule has 3 aromatic rings. The van der Waals surface area contributed by atoms with Crippen LogP contribution in [0.25, 0.3) is 0 Å². The maximum Gasteiger partial charge on any atom is 0.256 e. The number of carbonyl (C=O) groups excluding carboxylic acids is 3. The summed E-state index contributed by atoms with van der Waals surface area (Å²) in [7, 11) is 0. The molecule has 1 N–H and O–H groups in total. The molecule has 0 saturated carbocycles. The van der Waals surface area contributed by atoms with Crippen LogP contribution in [0, 0.1) is 0 Å². The zero-order valence-electron chi connectivity index (χ0n) is 20.2. The van der Waals surface area contributed by atoms with Crippen molar-refractivity contribution in [2.24, 2.45) is 0 Å². The van der Waals surface area contributed by atoms with Gasteiger partial charge in [-0.2, -0.15) is 0 Å². The van der Waals surface area contributed by atoms with Gasteiger partial charge in [-0.15, -0.1) is 0 Å². The molecular weight excluding hydrogens is 492 g/mol. The number of nitrogens with one attached hydrogen (secondary N) is 1. The van der Waals surface area contributed by atoms with Gasteiger partial charge in [0.1, 0.15) is 11.8 Å². The van der Waals surface area contributed by atoms with Crippen LogP contribution in [-0.2, 0) is 16.1 Å². The number of piperidine rings is 1. The molecule has 2 saturated heterocycles. The lowest BCUT2D eigenvalue weighted by atomic mass is 9.96. The van der Waals surface area contributed by atoms with E-state index in [1.54, 1.807) is 76.8 Å². The van der Waals surface area contributed by atoms with Crippen LogP contribution in [0.3, 0.4) is 0 Å². The summed E-state index contributed by atoms with van der Waals surface area (Å²) in [4.78, 5) is 47.5. The number of amides is 3. The summed E-state index contributed by atoms with van der Waals surface area (Å²) in [5.74, 6) is -0.682. The number of hydrogen-bond donors (Lipinski definition) is 1. The predicted octanol–water partition coefficient (Wildman–Crippen LogP) is 3.52. The molecular formula is C28H27ClN4O4. The smallest absolute Gasteiger partial charge is 0.256 e. The number of nitrogens with zero attached hydrogens (tertiary/aromatic N) is 3. The monoisotopic (exact) mass is 518 g/mol. The van der Waals surface area contributed by atoms with E-state index >= 15 is 0 Å². The summed E-state index contributed by atoms with van der Waals surface area (Å²) in [6, 6.07) is 18.6. The van der Waals surface area contributed by atoms with Gasteiger partial charge in [-0.25, -0.2) is 0 Å². The van der Waals surface area contributed by atoms with Crippen molar-refractivity contribution in [3.63, 3.8) is 0 Å². The highest BCUT2D eigenvalue weighted by molar-refractivity contribution is 6.30. The first-order chi connectivity index (χ1) is 18.0. The maximum atomic E-state index is 13.7. The molecule has 1 spiro atoms. The minimum atomic E-state index is -0.978. The molecule has 5 rings (SSSR count). The maximum absolute atomic E-state index is 13.7. The summed E-state index contributed by atoms with van der Waals surface area (Å²) in [5.41, 5.74) is 0.878. The second-order valence-corrected chi connectivity index (χ2v) is 9.63. The Hall–Kier alpha value is -3.75. The fourth-order valence-electron chi connectivity index (χ4n) is 4.96. The number of likely N-dealkylation sites (tertiary alicyclic amines) is 1. The van der Waals surface area contributed by atoms with Gasteiger partial charge in [0.05, 0.1) is 6.61 Å². The molecule has 37 heavy (non-hydrogen) atoms. The first-order valence-electron chi connectivity index (χ1n) is 12.2. The van der Waals surface area contributed by atoms with Crippen molar-refractivity contribution in [3.05, 3.63) is 101 Å². The Morgan fingerprint density at radius 3 is 2.43 bits per heavy atom. The minimum absolute atomic E-state index is 0.0830. The van der Waals surface area contributed by atoms with E-state index < -0.39 is 11.8 Å². The highest BCUT2D eigenvalue weighted by atomic mass is 35.5. The second-order valence-electron chi connectivity index (χ2n) is 9.20. The topological polar surface area (TPSA) is 91.8 Å². The summed E-state index contributed by atoms with van der Waals surface area (Å²) in [6.07, 6.45) is 4.14. The average molecular weight is 519 g/mol. The molecule has 2 aliphatic heterocycles. The summed E-state index contributed by atoms with van der Waals surface area (Å²) in [6.45, 7) is 1.15. The Morgan fingerprint density at radius 1 is 0.973 bits per heavy atom. The van der Waals surface area contributed by atoms with Crippen molar-refractivity contribution in [1.29, 1.82) is 0 Å². The van der Waals surface area contributed by atoms with Gasteiger partial charge in [0.25, 0.3) is 11.8 Å². The quantitative estimate of drug-likeness (QED) is 0.558. The number of benzene rings is 2. The molecule has 0 aliphatic carbocycles. The molecule has 1 unspecified atom stereocenters. The highest BCUT2D eigenvalue weighted by Crippen LogP contribution is 2.39. The van der Waals surface area contributed by atoms with Crippen LogP contribution in [0.4, 0.5) is 0 Å². The van der Waals surface area contributed by atoms with Crippen molar-refractivity contribution in [1.82, 2.24) is 20.1 Å². The third kappa shape index (κ3) is 5.21. The third-order valence-electron chi connectivity index (χ3n) is 6.90. The number of carbonyl (C=O) groups is 3. The standard InChI is InChI=1S/C28H27ClN4O4/c29-23-10-4-9-22(16-23)26(35)32-14-11-28(12-15-32)33(27(36)21-7-2-1-3-8-21)24(19-37-28)25(34)31-18-20-6-5-13-30-17-20/h1-10,13,16-17,24H,11-12,14-15,18-19H2,(H,31,34). The van der Waals surface area contributed by atoms with Crippen LogP contribution >= 0.6 is 11.6 Å². The van der Waals surface area contributed by atoms with Crippen LogP contribution < -0.4 is 5.32 Å². The van der Waals surface area contributed by atoms with Gasteiger partial charge in [-0.1, -0.05) is 41.9 Å². The van der Waals surface area contributed by atoms with E-state index in [0.717, 1.165) is 5.56 Å². The van der Waals surface area contributed by atoms with E-state index in [0.29, 0.717) is 48.6 Å². The summed E-state index contributed by atoms with van der Waals surface area (Å²) in [5, 5.41) is 3.42. The molecule has 3 heterocycles. The largest absolute Gasteiger partial charge is 0.353 e. The number of hydrogen-bond acceptors (Lipinski definition) is 5. The van der Waals surface area contributed by atoms with E-state index in [2.05, 4.69) is 10.3 Å². The van der Waals surface area contributed by atoms with E-state index in [1.807, 2.05) is 12.1 Å². The van der Waals surface area contributed by atoms with Gasteiger partial charge in [-0.05, 0) is 42.0 Å². The van der Waals surface area contributed by atoms with Crippen molar-refractivity contribution in [3.8, 4) is 0 Å². The molecule has 1 aromatic heterocycles. The van der Waals surface area contributed by atoms with Crippen molar-refractivity contribution < 1.29 is 19.1 Å². The lowest BCUT2D eigenvalue weighted by Crippen LogP contribution is -2.59. The Morgan fingerprint density at radius 2 is 1.73 bits per heavy atom. The van der Waals surface area contributed by atoms with E-state index in [-0.39, 0.29) is 24.3 Å². The predicted molar refractivity (Wildman–Crippen MR) is 138 cm³/mol. The summed E-state index contributed by atoms with van der Waals surface area (Å²) >= 11 is 6.07. The fourth-order valence-corrected chi connectivity index (χ4v) is 5.15. The molecule has 190 valence electrons. The van der Waals surface area contributed by atoms with Gasteiger partial charge in [-0.3, -0.25) is 24.3 Å². The Balaban J connectivity index is 1.35. The third-order valence-corrected chi connectivity index (χ3v) is 7.13. The number of ether oxygens (including phenoxy) is 1. The molecule has 2 fully saturated rings. The minimum Gasteiger partial charge on any atom is -0.353 e.